The average molecular weight is 657 g/mol. The van der Waals surface area contributed by atoms with Gasteiger partial charge in [0.1, 0.15) is 0 Å². The first-order chi connectivity index (χ1) is 19.6. The molecule has 5 heteroatoms. The van der Waals surface area contributed by atoms with Crippen molar-refractivity contribution in [2.24, 2.45) is 10.8 Å². The predicted molar refractivity (Wildman–Crippen MR) is 183 cm³/mol. The van der Waals surface area contributed by atoms with Crippen LogP contribution in [0.15, 0.2) is 48.8 Å². The molecule has 10 fully saturated rings. The molecular weight excluding hydrogens is 602 g/mol. The summed E-state index contributed by atoms with van der Waals surface area (Å²) in [6.45, 7) is 28.1. The number of hydrogen-bond acceptors (Lipinski definition) is 2. The number of aromatic nitrogens is 2. The third-order valence-corrected chi connectivity index (χ3v) is 75.0. The van der Waals surface area contributed by atoms with Crippen molar-refractivity contribution in [2.75, 3.05) is 12.3 Å². The molecule has 5 unspecified atom stereocenters. The molecule has 2 nitrogen and oxygen atoms in total. The fourth-order valence-electron chi connectivity index (χ4n) is 26.9. The van der Waals surface area contributed by atoms with Gasteiger partial charge in [0.2, 0.25) is 0 Å². The standard InChI is InChI=1S/C33H49N2P2.C5H5.Fe/c1-30(2,3)26-21-24(22-36(27-17-13-15-19-34-27)28-18-14-16-20-35-28)25(29(26)31(4,5)6)23-37(32(7,8)9)33(10,11)12;1-2-4-5-3-1;/h13-21H,22-23H2,1-12H3;1-5H;. The quantitative estimate of drug-likeness (QED) is 0.228. The van der Waals surface area contributed by atoms with Gasteiger partial charge in [0.05, 0.1) is 0 Å². The molecule has 10 saturated heterocycles. The van der Waals surface area contributed by atoms with Crippen LogP contribution in [0.4, 0.5) is 0 Å². The molecule has 0 bridgehead atoms. The first kappa shape index (κ1) is 25.7. The van der Waals surface area contributed by atoms with Crippen LogP contribution in [0.3, 0.4) is 0 Å². The molecule has 0 saturated carbocycles. The van der Waals surface area contributed by atoms with Crippen LogP contribution in [0.25, 0.3) is 0 Å². The molecule has 10 aliphatic rings. The molecule has 0 amide bonds. The second-order valence-electron chi connectivity index (χ2n) is 22.6. The molecule has 5 atom stereocenters. The summed E-state index contributed by atoms with van der Waals surface area (Å²) in [5, 5.41) is 0.771. The van der Waals surface area contributed by atoms with Gasteiger partial charge in [-0.05, 0) is 0 Å². The van der Waals surface area contributed by atoms with Gasteiger partial charge in [-0.3, -0.25) is 0 Å². The van der Waals surface area contributed by atoms with Crippen molar-refractivity contribution >= 4 is 26.7 Å². The summed E-state index contributed by atoms with van der Waals surface area (Å²) in [7, 11) is -0.707. The van der Waals surface area contributed by atoms with Gasteiger partial charge in [-0.25, -0.2) is 0 Å². The van der Waals surface area contributed by atoms with Gasteiger partial charge >= 0.3 is 255 Å². The molecule has 0 N–H and O–H groups in total. The van der Waals surface area contributed by atoms with Crippen molar-refractivity contribution in [3.63, 3.8) is 0 Å². The molecule has 1 spiro atoms. The van der Waals surface area contributed by atoms with E-state index in [1.165, 1.54) is 41.1 Å². The molecule has 12 heterocycles. The van der Waals surface area contributed by atoms with E-state index < -0.39 is 14.4 Å². The van der Waals surface area contributed by atoms with Crippen molar-refractivity contribution in [3.8, 4) is 0 Å². The Balaban J connectivity index is 1.19. The Labute approximate surface area is 253 Å². The first-order valence-corrected chi connectivity index (χ1v) is 26.3. The number of pyridine rings is 2. The molecule has 0 aliphatic carbocycles. The Kier molecular flexibility index (Phi) is 2.28. The molecule has 10 aliphatic heterocycles. The average Bonchev–Trinajstić information content (AvgIpc) is 3.84. The Hall–Kier alpha value is -0.321. The zero-order chi connectivity index (χ0) is 30.6. The van der Waals surface area contributed by atoms with Crippen molar-refractivity contribution in [1.82, 2.24) is 9.97 Å². The zero-order valence-electron chi connectivity index (χ0n) is 28.6. The van der Waals surface area contributed by atoms with E-state index in [1.807, 2.05) is 0 Å². The van der Waals surface area contributed by atoms with Gasteiger partial charge in [0.15, 0.2) is 0 Å². The summed E-state index contributed by atoms with van der Waals surface area (Å²) in [5.41, 5.74) is 3.56. The fraction of sp³-hybridized carbons (Fsp3) is 0.737. The van der Waals surface area contributed by atoms with E-state index in [4.69, 9.17) is 9.97 Å². The molecule has 2 aromatic heterocycles. The van der Waals surface area contributed by atoms with Gasteiger partial charge < -0.3 is 0 Å². The van der Waals surface area contributed by atoms with E-state index in [2.05, 4.69) is 132 Å². The SMILES string of the molecule is CC(C)(C)P(C[C]12[C]3(CP(c4ccccn4)c4ccccn4)[CH]4[C]5(C(C)(C)C)[C]1(C(C)(C)C)[Fe]43251678[CH]2[CH]1[CH]6[CH]7[CH]28)C(C)(C)C. The van der Waals surface area contributed by atoms with E-state index in [9.17, 15) is 0 Å². The molecule has 0 aromatic carbocycles. The van der Waals surface area contributed by atoms with E-state index in [1.54, 1.807) is 6.16 Å². The van der Waals surface area contributed by atoms with E-state index >= 15 is 0 Å². The Bertz CT molecular complexity index is 2030. The Morgan fingerprint density at radius 1 is 0.651 bits per heavy atom. The first-order valence-electron chi connectivity index (χ1n) is 17.2. The van der Waals surface area contributed by atoms with Crippen LogP contribution >= 0.6 is 15.8 Å². The van der Waals surface area contributed by atoms with Crippen LogP contribution in [-0.4, -0.2) is 32.6 Å². The normalized spacial score (nSPS) is 61.3. The summed E-state index contributed by atoms with van der Waals surface area (Å²) in [6, 6.07) is 13.5. The summed E-state index contributed by atoms with van der Waals surface area (Å²) in [6.07, 6.45) is 7.18. The topological polar surface area (TPSA) is 25.8 Å². The Morgan fingerprint density at radius 3 is 1.44 bits per heavy atom. The zero-order valence-corrected chi connectivity index (χ0v) is 31.5. The van der Waals surface area contributed by atoms with E-state index in [0.717, 1.165) is 9.13 Å². The van der Waals surface area contributed by atoms with Gasteiger partial charge in [-0.1, -0.05) is 0 Å². The monoisotopic (exact) mass is 656 g/mol. The number of rotatable bonds is 6. The summed E-state index contributed by atoms with van der Waals surface area (Å²) < 4.78 is 2.82. The fourth-order valence-corrected chi connectivity index (χ4v) is 126. The second kappa shape index (κ2) is 3.80. The van der Waals surface area contributed by atoms with E-state index in [0.29, 0.717) is 34.1 Å². The van der Waals surface area contributed by atoms with Crippen molar-refractivity contribution in [1.29, 1.82) is 0 Å². The third-order valence-electron chi connectivity index (χ3n) is 22.2. The van der Waals surface area contributed by atoms with Crippen LogP contribution in [-0.2, 0) is 6.51 Å². The predicted octanol–water partition coefficient (Wildman–Crippen LogP) is 11.0. The molecule has 2 aromatic rings. The second-order valence-corrected chi connectivity index (χ2v) is 51.3. The summed E-state index contributed by atoms with van der Waals surface area (Å²) >= 11 is 0. The summed E-state index contributed by atoms with van der Waals surface area (Å²) in [5.74, 6) is 0. The number of fused-ring (bicyclic) bond motifs is 10. The third kappa shape index (κ3) is 0.646. The van der Waals surface area contributed by atoms with Crippen molar-refractivity contribution in [3.05, 3.63) is 48.8 Å². The maximum absolute atomic E-state index is 5.15. The Morgan fingerprint density at radius 2 is 1.12 bits per heavy atom. The summed E-state index contributed by atoms with van der Waals surface area (Å²) in [4.78, 5) is 17.6. The van der Waals surface area contributed by atoms with Crippen LogP contribution in [0, 0.1) is 10.8 Å². The number of nitrogens with zero attached hydrogens (tertiary/aromatic N) is 2. The van der Waals surface area contributed by atoms with Crippen LogP contribution in [0.1, 0.15) is 83.1 Å². The molecule has 12 rings (SSSR count). The van der Waals surface area contributed by atoms with Crippen LogP contribution in [0.2, 0.25) is 46.2 Å². The van der Waals surface area contributed by atoms with Gasteiger partial charge in [0.25, 0.3) is 0 Å². The maximum atomic E-state index is 5.15. The van der Waals surface area contributed by atoms with Gasteiger partial charge in [0, 0.05) is 0 Å². The van der Waals surface area contributed by atoms with Crippen molar-refractivity contribution < 1.29 is 6.51 Å². The molecule has 43 heavy (non-hydrogen) atoms. The molecule has 0 radical (unpaired) electrons. The minimum absolute atomic E-state index is 0.140. The number of hydrogen-bond donors (Lipinski definition) is 0. The molecule has 234 valence electrons. The van der Waals surface area contributed by atoms with Crippen LogP contribution in [0.5, 0.6) is 0 Å². The molecular formula is C38H54FeN2P2. The minimum atomic E-state index is -4.32. The van der Waals surface area contributed by atoms with E-state index in [-0.39, 0.29) is 7.92 Å². The van der Waals surface area contributed by atoms with Crippen LogP contribution < -0.4 is 10.9 Å². The van der Waals surface area contributed by atoms with Gasteiger partial charge in [-0.2, -0.15) is 0 Å². The van der Waals surface area contributed by atoms with Crippen molar-refractivity contribution in [2.45, 2.75) is 140 Å². The van der Waals surface area contributed by atoms with Gasteiger partial charge in [-0.15, -0.1) is 0 Å².